The number of rotatable bonds is 3. The molecule has 0 unspecified atom stereocenters. The predicted octanol–water partition coefficient (Wildman–Crippen LogP) is 0.937. The first-order valence-electron chi connectivity index (χ1n) is 5.90. The number of hydrogen-bond donors (Lipinski definition) is 0. The van der Waals surface area contributed by atoms with E-state index < -0.39 is 11.5 Å². The third kappa shape index (κ3) is 2.42. The molecule has 0 fully saturated rings. The van der Waals surface area contributed by atoms with Crippen LogP contribution in [0.25, 0.3) is 5.65 Å². The van der Waals surface area contributed by atoms with Crippen LogP contribution < -0.4 is 10.5 Å². The summed E-state index contributed by atoms with van der Waals surface area (Å²) in [4.78, 5) is 29.8. The maximum Gasteiger partial charge on any atom is 0.345 e. The monoisotopic (exact) mass is 261 g/mol. The van der Waals surface area contributed by atoms with Gasteiger partial charge in [-0.15, -0.1) is 0 Å². The predicted molar refractivity (Wildman–Crippen MR) is 71.7 cm³/mol. The molecule has 0 atom stereocenters. The fourth-order valence-electron chi connectivity index (χ4n) is 1.69. The minimum Gasteiger partial charge on any atom is -0.462 e. The highest BCUT2D eigenvalue weighted by Gasteiger charge is 2.14. The van der Waals surface area contributed by atoms with Crippen molar-refractivity contribution in [1.29, 1.82) is 0 Å². The number of carbonyl (C=O) groups is 1. The lowest BCUT2D eigenvalue weighted by Crippen LogP contribution is -2.24. The fraction of sp³-hybridized carbons (Fsp3) is 0.308. The first-order valence-corrected chi connectivity index (χ1v) is 5.90. The summed E-state index contributed by atoms with van der Waals surface area (Å²) in [5.74, 6) is -0.647. The Kier molecular flexibility index (Phi) is 3.50. The molecule has 0 spiro atoms. The molecule has 0 bridgehead atoms. The number of ether oxygens (including phenoxy) is 1. The van der Waals surface area contributed by atoms with E-state index in [1.807, 2.05) is 19.0 Å². The van der Waals surface area contributed by atoms with Crippen LogP contribution in [-0.2, 0) is 4.74 Å². The first-order chi connectivity index (χ1) is 9.04. The molecule has 6 heteroatoms. The van der Waals surface area contributed by atoms with Gasteiger partial charge in [-0.2, -0.15) is 0 Å². The number of aromatic nitrogens is 2. The van der Waals surface area contributed by atoms with Crippen molar-refractivity contribution in [1.82, 2.24) is 9.38 Å². The van der Waals surface area contributed by atoms with E-state index in [9.17, 15) is 9.59 Å². The van der Waals surface area contributed by atoms with Gasteiger partial charge in [0.25, 0.3) is 5.56 Å². The molecule has 2 heterocycles. The van der Waals surface area contributed by atoms with Crippen LogP contribution in [0.2, 0.25) is 0 Å². The summed E-state index contributed by atoms with van der Waals surface area (Å²) in [7, 11) is 3.80. The van der Waals surface area contributed by atoms with Crippen molar-refractivity contribution in [2.75, 3.05) is 25.6 Å². The molecule has 6 nitrogen and oxygen atoms in total. The molecule has 100 valence electrons. The van der Waals surface area contributed by atoms with Gasteiger partial charge in [-0.3, -0.25) is 9.20 Å². The molecule has 0 saturated carbocycles. The zero-order valence-corrected chi connectivity index (χ0v) is 11.1. The van der Waals surface area contributed by atoms with Gasteiger partial charge in [0.15, 0.2) is 0 Å². The number of pyridine rings is 1. The van der Waals surface area contributed by atoms with E-state index in [4.69, 9.17) is 4.74 Å². The van der Waals surface area contributed by atoms with Gasteiger partial charge in [-0.25, -0.2) is 9.78 Å². The van der Waals surface area contributed by atoms with Crippen molar-refractivity contribution in [2.45, 2.75) is 6.92 Å². The Morgan fingerprint density at radius 3 is 2.84 bits per heavy atom. The van der Waals surface area contributed by atoms with Crippen LogP contribution in [0.4, 0.5) is 5.69 Å². The summed E-state index contributed by atoms with van der Waals surface area (Å²) in [5.41, 5.74) is 0.936. The number of carbonyl (C=O) groups excluding carboxylic acids is 1. The number of anilines is 1. The molecule has 0 aliphatic heterocycles. The highest BCUT2D eigenvalue weighted by atomic mass is 16.5. The average molecular weight is 261 g/mol. The largest absolute Gasteiger partial charge is 0.462 e. The lowest BCUT2D eigenvalue weighted by molar-refractivity contribution is 0.0523. The third-order valence-electron chi connectivity index (χ3n) is 2.71. The zero-order valence-electron chi connectivity index (χ0n) is 11.1. The summed E-state index contributed by atoms with van der Waals surface area (Å²) >= 11 is 0. The zero-order chi connectivity index (χ0) is 14.0. The minimum atomic E-state index is -0.647. The Hall–Kier alpha value is -2.37. The van der Waals surface area contributed by atoms with E-state index in [0.717, 1.165) is 5.69 Å². The van der Waals surface area contributed by atoms with Crippen LogP contribution in [-0.4, -0.2) is 36.1 Å². The molecule has 0 aliphatic rings. The van der Waals surface area contributed by atoms with E-state index in [-0.39, 0.29) is 12.2 Å². The summed E-state index contributed by atoms with van der Waals surface area (Å²) in [5, 5.41) is 0. The Labute approximate surface area is 110 Å². The molecular weight excluding hydrogens is 246 g/mol. The molecule has 19 heavy (non-hydrogen) atoms. The van der Waals surface area contributed by atoms with Crippen LogP contribution >= 0.6 is 0 Å². The molecule has 0 N–H and O–H groups in total. The standard InChI is InChI=1S/C13H15N3O3/c1-4-19-13(18)10-8-14-11-7-9(15(2)3)5-6-16(11)12(10)17/h5-8H,4H2,1-3H3. The lowest BCUT2D eigenvalue weighted by Gasteiger charge is -2.13. The second kappa shape index (κ2) is 5.09. The maximum atomic E-state index is 12.1. The SMILES string of the molecule is CCOC(=O)c1cnc2cc(N(C)C)ccn2c1=O. The molecule has 0 aliphatic carbocycles. The van der Waals surface area contributed by atoms with Gasteiger partial charge in [0.05, 0.1) is 6.61 Å². The van der Waals surface area contributed by atoms with Crippen LogP contribution in [0.3, 0.4) is 0 Å². The number of hydrogen-bond acceptors (Lipinski definition) is 5. The summed E-state index contributed by atoms with van der Waals surface area (Å²) in [6.45, 7) is 1.91. The Morgan fingerprint density at radius 1 is 1.47 bits per heavy atom. The molecule has 0 aromatic carbocycles. The van der Waals surface area contributed by atoms with Crippen molar-refractivity contribution in [2.24, 2.45) is 0 Å². The maximum absolute atomic E-state index is 12.1. The normalized spacial score (nSPS) is 10.5. The molecule has 0 radical (unpaired) electrons. The topological polar surface area (TPSA) is 63.9 Å². The lowest BCUT2D eigenvalue weighted by atomic mass is 10.3. The number of nitrogens with zero attached hydrogens (tertiary/aromatic N) is 3. The quantitative estimate of drug-likeness (QED) is 0.769. The van der Waals surface area contributed by atoms with E-state index >= 15 is 0 Å². The Morgan fingerprint density at radius 2 is 2.21 bits per heavy atom. The van der Waals surface area contributed by atoms with Gasteiger partial charge in [-0.05, 0) is 13.0 Å². The van der Waals surface area contributed by atoms with Gasteiger partial charge in [0, 0.05) is 38.2 Å². The summed E-state index contributed by atoms with van der Waals surface area (Å²) < 4.78 is 6.15. The molecule has 2 aromatic rings. The highest BCUT2D eigenvalue weighted by molar-refractivity contribution is 5.88. The van der Waals surface area contributed by atoms with Crippen molar-refractivity contribution < 1.29 is 9.53 Å². The molecule has 0 saturated heterocycles. The second-order valence-electron chi connectivity index (χ2n) is 4.21. The summed E-state index contributed by atoms with van der Waals surface area (Å²) in [6.07, 6.45) is 2.86. The van der Waals surface area contributed by atoms with Crippen LogP contribution in [0.5, 0.6) is 0 Å². The average Bonchev–Trinajstić information content (AvgIpc) is 2.38. The summed E-state index contributed by atoms with van der Waals surface area (Å²) in [6, 6.07) is 3.56. The van der Waals surface area contributed by atoms with Crippen LogP contribution in [0.1, 0.15) is 17.3 Å². The molecule has 2 aromatic heterocycles. The van der Waals surface area contributed by atoms with Gasteiger partial charge in [0.1, 0.15) is 11.2 Å². The van der Waals surface area contributed by atoms with Gasteiger partial charge in [-0.1, -0.05) is 0 Å². The molecule has 2 rings (SSSR count). The second-order valence-corrected chi connectivity index (χ2v) is 4.21. The fourth-order valence-corrected chi connectivity index (χ4v) is 1.69. The van der Waals surface area contributed by atoms with E-state index in [2.05, 4.69) is 4.98 Å². The highest BCUT2D eigenvalue weighted by Crippen LogP contribution is 2.12. The van der Waals surface area contributed by atoms with E-state index in [1.165, 1.54) is 10.6 Å². The van der Waals surface area contributed by atoms with Crippen LogP contribution in [0.15, 0.2) is 29.3 Å². The van der Waals surface area contributed by atoms with Crippen LogP contribution in [0, 0.1) is 0 Å². The number of fused-ring (bicyclic) bond motifs is 1. The number of esters is 1. The van der Waals surface area contributed by atoms with Gasteiger partial charge in [0.2, 0.25) is 0 Å². The van der Waals surface area contributed by atoms with Crippen molar-refractivity contribution in [3.63, 3.8) is 0 Å². The Bertz CT molecular complexity index is 676. The minimum absolute atomic E-state index is 0.0584. The van der Waals surface area contributed by atoms with Gasteiger partial charge < -0.3 is 9.64 Å². The Balaban J connectivity index is 2.57. The third-order valence-corrected chi connectivity index (χ3v) is 2.71. The van der Waals surface area contributed by atoms with E-state index in [0.29, 0.717) is 5.65 Å². The molecular formula is C13H15N3O3. The van der Waals surface area contributed by atoms with Crippen molar-refractivity contribution >= 4 is 17.3 Å². The van der Waals surface area contributed by atoms with Gasteiger partial charge >= 0.3 is 5.97 Å². The smallest absolute Gasteiger partial charge is 0.345 e. The van der Waals surface area contributed by atoms with Crippen molar-refractivity contribution in [3.8, 4) is 0 Å². The van der Waals surface area contributed by atoms with Crippen molar-refractivity contribution in [3.05, 3.63) is 40.4 Å². The molecule has 0 amide bonds. The van der Waals surface area contributed by atoms with E-state index in [1.54, 1.807) is 25.3 Å². The first kappa shape index (κ1) is 13.1.